The zero-order valence-electron chi connectivity index (χ0n) is 12.0. The monoisotopic (exact) mass is 304 g/mol. The van der Waals surface area contributed by atoms with Crippen LogP contribution in [0.5, 0.6) is 0 Å². The molecule has 0 saturated heterocycles. The van der Waals surface area contributed by atoms with Gasteiger partial charge in [0.2, 0.25) is 0 Å². The van der Waals surface area contributed by atoms with Crippen LogP contribution in [0.1, 0.15) is 38.3 Å². The molecule has 2 aromatic heterocycles. The van der Waals surface area contributed by atoms with Crippen LogP contribution in [0.25, 0.3) is 0 Å². The molecule has 0 unspecified atom stereocenters. The molecule has 1 aliphatic rings. The van der Waals surface area contributed by atoms with Crippen LogP contribution in [-0.4, -0.2) is 34.6 Å². The lowest BCUT2D eigenvalue weighted by Crippen LogP contribution is -2.28. The summed E-state index contributed by atoms with van der Waals surface area (Å²) in [7, 11) is 1.38. The highest BCUT2D eigenvalue weighted by atomic mass is 32.1. The summed E-state index contributed by atoms with van der Waals surface area (Å²) >= 11 is 1.58. The van der Waals surface area contributed by atoms with Crippen LogP contribution in [0.2, 0.25) is 0 Å². The second-order valence-electron chi connectivity index (χ2n) is 4.89. The largest absolute Gasteiger partial charge is 0.464 e. The number of ether oxygens (including phenoxy) is 1. The van der Waals surface area contributed by atoms with Gasteiger partial charge in [0.05, 0.1) is 19.2 Å². The van der Waals surface area contributed by atoms with Crippen molar-refractivity contribution < 1.29 is 9.53 Å². The molecule has 0 amide bonds. The second-order valence-corrected chi connectivity index (χ2v) is 5.83. The third kappa shape index (κ3) is 2.93. The molecule has 21 heavy (non-hydrogen) atoms. The summed E-state index contributed by atoms with van der Waals surface area (Å²) in [6, 6.07) is 0. The summed E-state index contributed by atoms with van der Waals surface area (Å²) in [6.45, 7) is 3.44. The number of fused-ring (bicyclic) bond motifs is 1. The van der Waals surface area contributed by atoms with Crippen molar-refractivity contribution in [2.45, 2.75) is 26.3 Å². The first kappa shape index (κ1) is 14.1. The Morgan fingerprint density at radius 1 is 1.43 bits per heavy atom. The molecule has 6 nitrogen and oxygen atoms in total. The summed E-state index contributed by atoms with van der Waals surface area (Å²) in [4.78, 5) is 25.4. The predicted octanol–water partition coefficient (Wildman–Crippen LogP) is 1.26. The molecule has 110 valence electrons. The van der Waals surface area contributed by atoms with Gasteiger partial charge >= 0.3 is 5.97 Å². The number of methoxy groups -OCH3 is 1. The molecule has 7 heteroatoms. The Morgan fingerprint density at radius 2 is 2.29 bits per heavy atom. The highest BCUT2D eigenvalue weighted by molar-refractivity contribution is 7.09. The minimum atomic E-state index is -0.396. The first-order chi connectivity index (χ1) is 10.2. The van der Waals surface area contributed by atoms with E-state index in [9.17, 15) is 4.79 Å². The highest BCUT2D eigenvalue weighted by Crippen LogP contribution is 2.19. The fraction of sp³-hybridized carbons (Fsp3) is 0.429. The van der Waals surface area contributed by atoms with Gasteiger partial charge in [0.25, 0.3) is 0 Å². The number of carbonyl (C=O) groups excluding carboxylic acids is 1. The number of carbonyl (C=O) groups is 1. The third-order valence-electron chi connectivity index (χ3n) is 3.34. The van der Waals surface area contributed by atoms with E-state index in [1.165, 1.54) is 7.11 Å². The Labute approximate surface area is 126 Å². The van der Waals surface area contributed by atoms with Gasteiger partial charge in [-0.2, -0.15) is 0 Å². The Bertz CT molecular complexity index is 684. The maximum Gasteiger partial charge on any atom is 0.357 e. The van der Waals surface area contributed by atoms with Crippen LogP contribution in [0.3, 0.4) is 0 Å². The van der Waals surface area contributed by atoms with Gasteiger partial charge < -0.3 is 10.1 Å². The number of rotatable bonds is 3. The van der Waals surface area contributed by atoms with Crippen LogP contribution in [0, 0.1) is 6.92 Å². The Morgan fingerprint density at radius 3 is 3.00 bits per heavy atom. The molecule has 0 fully saturated rings. The van der Waals surface area contributed by atoms with Crippen molar-refractivity contribution in [1.82, 2.24) is 20.3 Å². The molecule has 0 atom stereocenters. The fourth-order valence-corrected chi connectivity index (χ4v) is 3.14. The van der Waals surface area contributed by atoms with E-state index in [-0.39, 0.29) is 0 Å². The third-order valence-corrected chi connectivity index (χ3v) is 4.30. The number of hydrogen-bond donors (Lipinski definition) is 1. The van der Waals surface area contributed by atoms with Crippen molar-refractivity contribution in [3.63, 3.8) is 0 Å². The molecule has 1 aliphatic heterocycles. The Hall–Kier alpha value is -1.86. The summed E-state index contributed by atoms with van der Waals surface area (Å²) in [6.07, 6.45) is 1.28. The summed E-state index contributed by atoms with van der Waals surface area (Å²) in [5.41, 5.74) is 3.18. The van der Waals surface area contributed by atoms with E-state index < -0.39 is 5.97 Å². The molecule has 0 spiro atoms. The van der Waals surface area contributed by atoms with E-state index in [2.05, 4.69) is 20.3 Å². The van der Waals surface area contributed by atoms with Crippen molar-refractivity contribution in [3.05, 3.63) is 38.9 Å². The fourth-order valence-electron chi connectivity index (χ4n) is 2.37. The highest BCUT2D eigenvalue weighted by Gasteiger charge is 2.22. The quantitative estimate of drug-likeness (QED) is 0.860. The van der Waals surface area contributed by atoms with Crippen LogP contribution in [0.15, 0.2) is 5.38 Å². The lowest BCUT2D eigenvalue weighted by atomic mass is 10.0. The molecule has 3 heterocycles. The van der Waals surface area contributed by atoms with E-state index in [1.807, 2.05) is 12.3 Å². The van der Waals surface area contributed by atoms with E-state index >= 15 is 0 Å². The molecule has 0 saturated carbocycles. The summed E-state index contributed by atoms with van der Waals surface area (Å²) < 4.78 is 4.85. The van der Waals surface area contributed by atoms with Gasteiger partial charge in [-0.15, -0.1) is 11.3 Å². The molecule has 0 radical (unpaired) electrons. The lowest BCUT2D eigenvalue weighted by Gasteiger charge is -2.18. The molecule has 2 aromatic rings. The lowest BCUT2D eigenvalue weighted by molar-refractivity contribution is 0.0591. The molecule has 0 aliphatic carbocycles. The average Bonchev–Trinajstić information content (AvgIpc) is 2.90. The predicted molar refractivity (Wildman–Crippen MR) is 78.4 cm³/mol. The van der Waals surface area contributed by atoms with Gasteiger partial charge in [0.15, 0.2) is 5.69 Å². The van der Waals surface area contributed by atoms with Gasteiger partial charge in [0, 0.05) is 23.2 Å². The summed E-state index contributed by atoms with van der Waals surface area (Å²) in [5, 5.41) is 6.21. The van der Waals surface area contributed by atoms with Crippen molar-refractivity contribution >= 4 is 17.3 Å². The minimum Gasteiger partial charge on any atom is -0.464 e. The van der Waals surface area contributed by atoms with Crippen LogP contribution < -0.4 is 5.32 Å². The maximum absolute atomic E-state index is 11.9. The van der Waals surface area contributed by atoms with Gasteiger partial charge in [-0.3, -0.25) is 0 Å². The normalized spacial score (nSPS) is 13.8. The van der Waals surface area contributed by atoms with Gasteiger partial charge in [0.1, 0.15) is 10.8 Å². The van der Waals surface area contributed by atoms with E-state index in [0.29, 0.717) is 24.5 Å². The smallest absolute Gasteiger partial charge is 0.357 e. The van der Waals surface area contributed by atoms with Crippen LogP contribution >= 0.6 is 11.3 Å². The van der Waals surface area contributed by atoms with Crippen molar-refractivity contribution in [2.24, 2.45) is 0 Å². The van der Waals surface area contributed by atoms with E-state index in [1.54, 1.807) is 11.3 Å². The number of hydrogen-bond acceptors (Lipinski definition) is 7. The first-order valence-corrected chi connectivity index (χ1v) is 7.64. The molecular formula is C14H16N4O2S. The topological polar surface area (TPSA) is 77.0 Å². The molecule has 1 N–H and O–H groups in total. The Kier molecular flexibility index (Phi) is 3.94. The van der Waals surface area contributed by atoms with E-state index in [0.717, 1.165) is 34.9 Å². The van der Waals surface area contributed by atoms with Crippen LogP contribution in [0.4, 0.5) is 0 Å². The first-order valence-electron chi connectivity index (χ1n) is 6.76. The zero-order valence-corrected chi connectivity index (χ0v) is 12.8. The van der Waals surface area contributed by atoms with Gasteiger partial charge in [-0.1, -0.05) is 0 Å². The average molecular weight is 304 g/mol. The number of nitrogens with zero attached hydrogens (tertiary/aromatic N) is 3. The van der Waals surface area contributed by atoms with Crippen molar-refractivity contribution in [1.29, 1.82) is 0 Å². The van der Waals surface area contributed by atoms with Crippen LogP contribution in [-0.2, 0) is 24.1 Å². The Balaban J connectivity index is 1.99. The van der Waals surface area contributed by atoms with Crippen molar-refractivity contribution in [3.8, 4) is 0 Å². The number of nitrogens with one attached hydrogen (secondary N) is 1. The minimum absolute atomic E-state index is 0.396. The number of aryl methyl sites for hydroxylation is 1. The summed E-state index contributed by atoms with van der Waals surface area (Å²) in [5.74, 6) is 0.222. The second kappa shape index (κ2) is 5.87. The molecule has 0 bridgehead atoms. The zero-order chi connectivity index (χ0) is 14.8. The molecule has 3 rings (SSSR count). The number of thiazole rings is 1. The molecular weight excluding hydrogens is 288 g/mol. The standard InChI is InChI=1S/C14H16N4O2S/c1-8-7-21-12(16-8)5-11-17-10-6-15-4-3-9(10)13(18-11)14(19)20-2/h7,15H,3-6H2,1-2H3. The number of aromatic nitrogens is 3. The number of esters is 1. The maximum atomic E-state index is 11.9. The van der Waals surface area contributed by atoms with Gasteiger partial charge in [-0.05, 0) is 19.9 Å². The van der Waals surface area contributed by atoms with Crippen molar-refractivity contribution in [2.75, 3.05) is 13.7 Å². The molecule has 0 aromatic carbocycles. The van der Waals surface area contributed by atoms with E-state index in [4.69, 9.17) is 4.74 Å². The SMILES string of the molecule is COC(=O)c1nc(Cc2nc(C)cs2)nc2c1CCNC2. The van der Waals surface area contributed by atoms with Gasteiger partial charge in [-0.25, -0.2) is 19.7 Å².